The van der Waals surface area contributed by atoms with E-state index in [4.69, 9.17) is 5.73 Å². The molecule has 0 bridgehead atoms. The number of sulfonamides is 1. The van der Waals surface area contributed by atoms with Crippen molar-refractivity contribution in [2.75, 3.05) is 6.54 Å². The Kier molecular flexibility index (Phi) is 7.28. The second-order valence-electron chi connectivity index (χ2n) is 5.41. The topological polar surface area (TPSA) is 98.0 Å². The molecule has 3 N–H and O–H groups in total. The first-order valence-electron chi connectivity index (χ1n) is 7.58. The average molecular weight is 371 g/mol. The van der Waals surface area contributed by atoms with Gasteiger partial charge in [-0.25, -0.2) is 23.1 Å². The van der Waals surface area contributed by atoms with Gasteiger partial charge in [0, 0.05) is 17.6 Å². The highest BCUT2D eigenvalue weighted by Crippen LogP contribution is 2.19. The van der Waals surface area contributed by atoms with E-state index in [1.807, 2.05) is 44.2 Å². The lowest BCUT2D eigenvalue weighted by Gasteiger charge is -2.30. The highest BCUT2D eigenvalue weighted by atomic mass is 35.5. The second-order valence-corrected chi connectivity index (χ2v) is 7.09. The normalized spacial score (nSPS) is 11.8. The molecule has 0 aliphatic rings. The molecule has 1 aromatic carbocycles. The van der Waals surface area contributed by atoms with Crippen LogP contribution in [0.4, 0.5) is 0 Å². The average Bonchev–Trinajstić information content (AvgIpc) is 2.61. The fourth-order valence-electron chi connectivity index (χ4n) is 2.26. The predicted octanol–water partition coefficient (Wildman–Crippen LogP) is 2.36. The molecule has 0 saturated heterocycles. The SMILES string of the molecule is CCC(CC)(CN)NS(=O)(=O)c1cnc(-c2ccccc2)nc1.Cl. The monoisotopic (exact) mass is 370 g/mol. The molecule has 0 aliphatic heterocycles. The summed E-state index contributed by atoms with van der Waals surface area (Å²) in [5.74, 6) is 0.487. The summed E-state index contributed by atoms with van der Waals surface area (Å²) in [5.41, 5.74) is 5.95. The van der Waals surface area contributed by atoms with Gasteiger partial charge in [-0.2, -0.15) is 0 Å². The Balaban J connectivity index is 0.00000288. The van der Waals surface area contributed by atoms with Crippen molar-refractivity contribution in [1.82, 2.24) is 14.7 Å². The smallest absolute Gasteiger partial charge is 0.244 e. The number of nitrogens with two attached hydrogens (primary N) is 1. The molecule has 0 saturated carbocycles. The maximum absolute atomic E-state index is 12.5. The Morgan fingerprint density at radius 1 is 1.08 bits per heavy atom. The van der Waals surface area contributed by atoms with Crippen molar-refractivity contribution in [1.29, 1.82) is 0 Å². The summed E-state index contributed by atoms with van der Waals surface area (Å²) in [7, 11) is -3.71. The fraction of sp³-hybridized carbons (Fsp3) is 0.375. The van der Waals surface area contributed by atoms with E-state index in [-0.39, 0.29) is 23.8 Å². The van der Waals surface area contributed by atoms with Crippen molar-refractivity contribution in [3.63, 3.8) is 0 Å². The number of nitrogens with one attached hydrogen (secondary N) is 1. The minimum Gasteiger partial charge on any atom is -0.329 e. The Hall–Kier alpha value is -1.54. The summed E-state index contributed by atoms with van der Waals surface area (Å²) >= 11 is 0. The summed E-state index contributed by atoms with van der Waals surface area (Å²) in [5, 5.41) is 0. The van der Waals surface area contributed by atoms with Crippen molar-refractivity contribution in [2.45, 2.75) is 37.1 Å². The van der Waals surface area contributed by atoms with Crippen LogP contribution < -0.4 is 10.5 Å². The van der Waals surface area contributed by atoms with E-state index in [0.29, 0.717) is 18.7 Å². The van der Waals surface area contributed by atoms with Gasteiger partial charge in [0.05, 0.1) is 12.4 Å². The summed E-state index contributed by atoms with van der Waals surface area (Å²) in [6.45, 7) is 4.06. The summed E-state index contributed by atoms with van der Waals surface area (Å²) < 4.78 is 27.7. The zero-order valence-electron chi connectivity index (χ0n) is 13.8. The van der Waals surface area contributed by atoms with Crippen molar-refractivity contribution in [2.24, 2.45) is 5.73 Å². The maximum atomic E-state index is 12.5. The fourth-order valence-corrected chi connectivity index (χ4v) is 3.70. The summed E-state index contributed by atoms with van der Waals surface area (Å²) in [6, 6.07) is 9.39. The molecule has 0 atom stereocenters. The second kappa shape index (κ2) is 8.53. The summed E-state index contributed by atoms with van der Waals surface area (Å²) in [6.07, 6.45) is 3.87. The van der Waals surface area contributed by atoms with Crippen LogP contribution in [0, 0.1) is 0 Å². The van der Waals surface area contributed by atoms with Gasteiger partial charge in [-0.05, 0) is 12.8 Å². The molecule has 0 fully saturated rings. The number of hydrogen-bond donors (Lipinski definition) is 2. The minimum atomic E-state index is -3.71. The van der Waals surface area contributed by atoms with E-state index < -0.39 is 15.6 Å². The molecule has 0 aliphatic carbocycles. The molecular weight excluding hydrogens is 348 g/mol. The van der Waals surface area contributed by atoms with Crippen LogP contribution in [0.25, 0.3) is 11.4 Å². The Labute approximate surface area is 149 Å². The maximum Gasteiger partial charge on any atom is 0.244 e. The molecule has 2 aromatic rings. The van der Waals surface area contributed by atoms with E-state index in [0.717, 1.165) is 5.56 Å². The molecular formula is C16H23ClN4O2S. The minimum absolute atomic E-state index is 0. The van der Waals surface area contributed by atoms with Crippen LogP contribution in [0.15, 0.2) is 47.6 Å². The van der Waals surface area contributed by atoms with Crippen LogP contribution in [-0.2, 0) is 10.0 Å². The molecule has 24 heavy (non-hydrogen) atoms. The first kappa shape index (κ1) is 20.5. The van der Waals surface area contributed by atoms with Gasteiger partial charge in [0.1, 0.15) is 4.90 Å². The van der Waals surface area contributed by atoms with Crippen LogP contribution in [-0.4, -0.2) is 30.5 Å². The van der Waals surface area contributed by atoms with Gasteiger partial charge in [0.15, 0.2) is 5.82 Å². The predicted molar refractivity (Wildman–Crippen MR) is 97.4 cm³/mol. The number of hydrogen-bond acceptors (Lipinski definition) is 5. The first-order chi connectivity index (χ1) is 11.0. The van der Waals surface area contributed by atoms with Crippen LogP contribution in [0.5, 0.6) is 0 Å². The van der Waals surface area contributed by atoms with Crippen molar-refractivity contribution >= 4 is 22.4 Å². The van der Waals surface area contributed by atoms with Gasteiger partial charge in [0.2, 0.25) is 10.0 Å². The zero-order chi connectivity index (χ0) is 16.9. The van der Waals surface area contributed by atoms with Gasteiger partial charge in [0.25, 0.3) is 0 Å². The van der Waals surface area contributed by atoms with Crippen LogP contribution in [0.1, 0.15) is 26.7 Å². The third-order valence-electron chi connectivity index (χ3n) is 4.07. The van der Waals surface area contributed by atoms with E-state index in [1.54, 1.807) is 0 Å². The quantitative estimate of drug-likeness (QED) is 0.779. The molecule has 0 spiro atoms. The Bertz CT molecular complexity index is 724. The van der Waals surface area contributed by atoms with Crippen molar-refractivity contribution in [3.8, 4) is 11.4 Å². The lowest BCUT2D eigenvalue weighted by atomic mass is 9.95. The molecule has 132 valence electrons. The molecule has 8 heteroatoms. The van der Waals surface area contributed by atoms with E-state index in [1.165, 1.54) is 12.4 Å². The van der Waals surface area contributed by atoms with Gasteiger partial charge in [-0.3, -0.25) is 0 Å². The Morgan fingerprint density at radius 2 is 1.62 bits per heavy atom. The third-order valence-corrected chi connectivity index (χ3v) is 5.60. The molecule has 1 aromatic heterocycles. The summed E-state index contributed by atoms with van der Waals surface area (Å²) in [4.78, 5) is 8.36. The zero-order valence-corrected chi connectivity index (χ0v) is 15.4. The number of rotatable bonds is 7. The van der Waals surface area contributed by atoms with Gasteiger partial charge in [-0.1, -0.05) is 44.2 Å². The van der Waals surface area contributed by atoms with E-state index in [9.17, 15) is 8.42 Å². The van der Waals surface area contributed by atoms with Gasteiger partial charge >= 0.3 is 0 Å². The molecule has 2 rings (SSSR count). The highest BCUT2D eigenvalue weighted by molar-refractivity contribution is 7.89. The third kappa shape index (κ3) is 4.51. The number of aromatic nitrogens is 2. The molecule has 0 unspecified atom stereocenters. The van der Waals surface area contributed by atoms with Crippen LogP contribution in [0.3, 0.4) is 0 Å². The van der Waals surface area contributed by atoms with Crippen molar-refractivity contribution < 1.29 is 8.42 Å². The van der Waals surface area contributed by atoms with E-state index >= 15 is 0 Å². The highest BCUT2D eigenvalue weighted by Gasteiger charge is 2.31. The largest absolute Gasteiger partial charge is 0.329 e. The lowest BCUT2D eigenvalue weighted by Crippen LogP contribution is -2.52. The number of nitrogens with zero attached hydrogens (tertiary/aromatic N) is 2. The number of benzene rings is 1. The molecule has 0 amide bonds. The number of halogens is 1. The van der Waals surface area contributed by atoms with Gasteiger partial charge < -0.3 is 5.73 Å². The van der Waals surface area contributed by atoms with Gasteiger partial charge in [-0.15, -0.1) is 12.4 Å². The lowest BCUT2D eigenvalue weighted by molar-refractivity contribution is 0.363. The van der Waals surface area contributed by atoms with Crippen molar-refractivity contribution in [3.05, 3.63) is 42.7 Å². The standard InChI is InChI=1S/C16H22N4O2S.ClH/c1-3-16(4-2,12-17)20-23(21,22)14-10-18-15(19-11-14)13-8-6-5-7-9-13;/h5-11,20H,3-4,12,17H2,1-2H3;1H. The van der Waals surface area contributed by atoms with E-state index in [2.05, 4.69) is 14.7 Å². The first-order valence-corrected chi connectivity index (χ1v) is 9.06. The molecule has 0 radical (unpaired) electrons. The molecule has 6 nitrogen and oxygen atoms in total. The van der Waals surface area contributed by atoms with Crippen LogP contribution in [0.2, 0.25) is 0 Å². The molecule has 1 heterocycles. The Morgan fingerprint density at radius 3 is 2.08 bits per heavy atom. The van der Waals surface area contributed by atoms with Crippen LogP contribution >= 0.6 is 12.4 Å².